The lowest BCUT2D eigenvalue weighted by Gasteiger charge is -2.12. The highest BCUT2D eigenvalue weighted by Gasteiger charge is 2.19. The van der Waals surface area contributed by atoms with Crippen LogP contribution in [0.25, 0.3) is 22.1 Å². The fraction of sp³-hybridized carbons (Fsp3) is 0.238. The van der Waals surface area contributed by atoms with Crippen molar-refractivity contribution in [3.63, 3.8) is 0 Å². The van der Waals surface area contributed by atoms with Crippen LogP contribution in [0.3, 0.4) is 0 Å². The lowest BCUT2D eigenvalue weighted by Crippen LogP contribution is -2.31. The number of nitrogens with zero attached hydrogens (tertiary/aromatic N) is 1. The predicted octanol–water partition coefficient (Wildman–Crippen LogP) is 3.83. The van der Waals surface area contributed by atoms with Crippen molar-refractivity contribution < 1.29 is 18.7 Å². The number of nitrogens with one attached hydrogen (secondary N) is 1. The average molecular weight is 401 g/mol. The standard InChI is InChI=1S/C21H21ClN2O4/c1-24(2)9-8-23-20(25)14-10-13(11-15(12-14)21(26)27-3)18-16-6-4-5-7-17(16)28-19(18)22/h4-7,10-12H,8-9H2,1-3H3,(H,23,25). The van der Waals surface area contributed by atoms with Gasteiger partial charge in [-0.2, -0.15) is 0 Å². The number of amides is 1. The summed E-state index contributed by atoms with van der Waals surface area (Å²) in [6.07, 6.45) is 0. The van der Waals surface area contributed by atoms with Gasteiger partial charge in [-0.15, -0.1) is 0 Å². The molecule has 0 aliphatic carbocycles. The Hall–Kier alpha value is -2.83. The van der Waals surface area contributed by atoms with Crippen molar-refractivity contribution in [1.29, 1.82) is 0 Å². The highest BCUT2D eigenvalue weighted by Crippen LogP contribution is 2.38. The van der Waals surface area contributed by atoms with Gasteiger partial charge in [0, 0.05) is 29.6 Å². The smallest absolute Gasteiger partial charge is 0.337 e. The maximum absolute atomic E-state index is 12.6. The van der Waals surface area contributed by atoms with Gasteiger partial charge in [0.1, 0.15) is 5.58 Å². The summed E-state index contributed by atoms with van der Waals surface area (Å²) in [7, 11) is 5.15. The number of hydrogen-bond donors (Lipinski definition) is 1. The Balaban J connectivity index is 2.06. The van der Waals surface area contributed by atoms with Gasteiger partial charge < -0.3 is 19.4 Å². The Morgan fingerprint density at radius 3 is 2.57 bits per heavy atom. The molecule has 2 aromatic carbocycles. The number of esters is 1. The van der Waals surface area contributed by atoms with Gasteiger partial charge in [-0.3, -0.25) is 4.79 Å². The van der Waals surface area contributed by atoms with Crippen LogP contribution in [0.4, 0.5) is 0 Å². The molecular formula is C21H21ClN2O4. The van der Waals surface area contributed by atoms with Gasteiger partial charge in [0.15, 0.2) is 0 Å². The number of rotatable bonds is 6. The van der Waals surface area contributed by atoms with E-state index in [9.17, 15) is 9.59 Å². The normalized spacial score (nSPS) is 11.0. The van der Waals surface area contributed by atoms with Crippen LogP contribution in [0.1, 0.15) is 20.7 Å². The first-order valence-corrected chi connectivity index (χ1v) is 9.12. The van der Waals surface area contributed by atoms with Crippen LogP contribution in [0, 0.1) is 0 Å². The fourth-order valence-electron chi connectivity index (χ4n) is 2.92. The first-order chi connectivity index (χ1) is 13.4. The monoisotopic (exact) mass is 400 g/mol. The van der Waals surface area contributed by atoms with Gasteiger partial charge >= 0.3 is 5.97 Å². The summed E-state index contributed by atoms with van der Waals surface area (Å²) in [5.74, 6) is -0.814. The van der Waals surface area contributed by atoms with Gasteiger partial charge in [0.05, 0.1) is 12.7 Å². The predicted molar refractivity (Wildman–Crippen MR) is 109 cm³/mol. The van der Waals surface area contributed by atoms with Crippen LogP contribution >= 0.6 is 11.6 Å². The number of halogens is 1. The second-order valence-electron chi connectivity index (χ2n) is 6.60. The topological polar surface area (TPSA) is 71.8 Å². The van der Waals surface area contributed by atoms with Gasteiger partial charge in [-0.05, 0) is 55.5 Å². The molecule has 0 spiro atoms. The number of carbonyl (C=O) groups is 2. The van der Waals surface area contributed by atoms with E-state index in [2.05, 4.69) is 5.32 Å². The number of fused-ring (bicyclic) bond motifs is 1. The largest absolute Gasteiger partial charge is 0.465 e. The van der Waals surface area contributed by atoms with Crippen molar-refractivity contribution in [3.05, 3.63) is 58.8 Å². The Kier molecular flexibility index (Phi) is 6.02. The van der Waals surface area contributed by atoms with E-state index in [1.165, 1.54) is 13.2 Å². The third kappa shape index (κ3) is 4.18. The molecule has 28 heavy (non-hydrogen) atoms. The molecule has 6 nitrogen and oxygen atoms in total. The van der Waals surface area contributed by atoms with Crippen molar-refractivity contribution in [1.82, 2.24) is 10.2 Å². The van der Waals surface area contributed by atoms with Crippen molar-refractivity contribution >= 4 is 34.4 Å². The number of methoxy groups -OCH3 is 1. The van der Waals surface area contributed by atoms with E-state index >= 15 is 0 Å². The van der Waals surface area contributed by atoms with Crippen LogP contribution in [0.2, 0.25) is 5.22 Å². The molecule has 0 saturated carbocycles. The quantitative estimate of drug-likeness (QED) is 0.636. The zero-order valence-corrected chi connectivity index (χ0v) is 16.7. The Labute approximate surface area is 168 Å². The number of para-hydroxylation sites is 1. The van der Waals surface area contributed by atoms with Crippen LogP contribution in [-0.4, -0.2) is 51.1 Å². The number of benzene rings is 2. The molecular weight excluding hydrogens is 380 g/mol. The van der Waals surface area contributed by atoms with E-state index in [1.807, 2.05) is 43.3 Å². The van der Waals surface area contributed by atoms with E-state index in [4.69, 9.17) is 20.8 Å². The maximum Gasteiger partial charge on any atom is 0.337 e. The molecule has 1 aromatic heterocycles. The maximum atomic E-state index is 12.6. The minimum absolute atomic E-state index is 0.196. The van der Waals surface area contributed by atoms with Crippen LogP contribution in [0.5, 0.6) is 0 Å². The number of furan rings is 1. The molecule has 0 radical (unpaired) electrons. The summed E-state index contributed by atoms with van der Waals surface area (Å²) in [5.41, 5.74) is 2.47. The fourth-order valence-corrected chi connectivity index (χ4v) is 3.21. The van der Waals surface area contributed by atoms with E-state index in [0.29, 0.717) is 35.4 Å². The molecule has 3 rings (SSSR count). The molecule has 0 unspecified atom stereocenters. The van der Waals surface area contributed by atoms with Gasteiger partial charge in [-0.1, -0.05) is 18.2 Å². The molecule has 0 aliphatic rings. The lowest BCUT2D eigenvalue weighted by molar-refractivity contribution is 0.0600. The van der Waals surface area contributed by atoms with Crippen molar-refractivity contribution in [2.45, 2.75) is 0 Å². The number of ether oxygens (including phenoxy) is 1. The summed E-state index contributed by atoms with van der Waals surface area (Å²) in [5, 5.41) is 3.85. The summed E-state index contributed by atoms with van der Waals surface area (Å²) in [6.45, 7) is 1.19. The molecule has 0 saturated heterocycles. The molecule has 1 heterocycles. The van der Waals surface area contributed by atoms with E-state index < -0.39 is 5.97 Å². The third-order valence-electron chi connectivity index (χ3n) is 4.30. The van der Waals surface area contributed by atoms with Gasteiger partial charge in [0.2, 0.25) is 5.22 Å². The lowest BCUT2D eigenvalue weighted by atomic mass is 9.98. The van der Waals surface area contributed by atoms with E-state index in [-0.39, 0.29) is 16.7 Å². The summed E-state index contributed by atoms with van der Waals surface area (Å²) < 4.78 is 10.5. The minimum Gasteiger partial charge on any atom is -0.465 e. The van der Waals surface area contributed by atoms with Crippen molar-refractivity contribution in [3.8, 4) is 11.1 Å². The van der Waals surface area contributed by atoms with Gasteiger partial charge in [-0.25, -0.2) is 4.79 Å². The highest BCUT2D eigenvalue weighted by molar-refractivity contribution is 6.33. The Bertz CT molecular complexity index is 1030. The van der Waals surface area contributed by atoms with Gasteiger partial charge in [0.25, 0.3) is 5.91 Å². The second kappa shape index (κ2) is 8.46. The molecule has 7 heteroatoms. The highest BCUT2D eigenvalue weighted by atomic mass is 35.5. The molecule has 0 atom stereocenters. The molecule has 0 fully saturated rings. The molecule has 0 bridgehead atoms. The van der Waals surface area contributed by atoms with E-state index in [1.54, 1.807) is 12.1 Å². The first kappa shape index (κ1) is 19.9. The molecule has 0 aliphatic heterocycles. The van der Waals surface area contributed by atoms with Crippen LogP contribution in [-0.2, 0) is 4.74 Å². The van der Waals surface area contributed by atoms with Crippen molar-refractivity contribution in [2.75, 3.05) is 34.3 Å². The molecule has 146 valence electrons. The number of carbonyl (C=O) groups excluding carboxylic acids is 2. The summed E-state index contributed by atoms with van der Waals surface area (Å²) in [4.78, 5) is 26.7. The zero-order chi connectivity index (χ0) is 20.3. The minimum atomic E-state index is -0.534. The summed E-state index contributed by atoms with van der Waals surface area (Å²) in [6, 6.07) is 12.3. The molecule has 1 amide bonds. The zero-order valence-electron chi connectivity index (χ0n) is 15.9. The third-order valence-corrected chi connectivity index (χ3v) is 4.57. The average Bonchev–Trinajstić information content (AvgIpc) is 3.02. The van der Waals surface area contributed by atoms with Crippen molar-refractivity contribution in [2.24, 2.45) is 0 Å². The first-order valence-electron chi connectivity index (χ1n) is 8.74. The second-order valence-corrected chi connectivity index (χ2v) is 6.94. The molecule has 3 aromatic rings. The SMILES string of the molecule is COC(=O)c1cc(C(=O)NCCN(C)C)cc(-c2c(Cl)oc3ccccc23)c1. The van der Waals surface area contributed by atoms with Crippen LogP contribution < -0.4 is 5.32 Å². The number of hydrogen-bond acceptors (Lipinski definition) is 5. The summed E-state index contributed by atoms with van der Waals surface area (Å²) >= 11 is 6.33. The Morgan fingerprint density at radius 2 is 1.86 bits per heavy atom. The van der Waals surface area contributed by atoms with Crippen LogP contribution in [0.15, 0.2) is 46.9 Å². The van der Waals surface area contributed by atoms with E-state index in [0.717, 1.165) is 5.39 Å². The molecule has 1 N–H and O–H groups in total. The number of likely N-dealkylation sites (N-methyl/N-ethyl adjacent to an activating group) is 1. The Morgan fingerprint density at radius 1 is 1.14 bits per heavy atom.